The van der Waals surface area contributed by atoms with Crippen molar-refractivity contribution in [2.45, 2.75) is 17.7 Å². The highest BCUT2D eigenvalue weighted by molar-refractivity contribution is 6.27. The average molecular weight is 357 g/mol. The Bertz CT molecular complexity index is 535. The SMILES string of the molecule is Cl.O=C(O)CC1C(C(=O)O)C2CC1(Cl)C(C(=O)O)C2C(=O)O. The van der Waals surface area contributed by atoms with Crippen LogP contribution in [0.25, 0.3) is 0 Å². The van der Waals surface area contributed by atoms with Gasteiger partial charge in [0, 0.05) is 5.92 Å². The average Bonchev–Trinajstić information content (AvgIpc) is 2.75. The van der Waals surface area contributed by atoms with Gasteiger partial charge in [-0.3, -0.25) is 19.2 Å². The monoisotopic (exact) mass is 356 g/mol. The van der Waals surface area contributed by atoms with Gasteiger partial charge in [-0.1, -0.05) is 0 Å². The molecule has 0 aliphatic heterocycles. The van der Waals surface area contributed by atoms with Crippen LogP contribution in [0, 0.1) is 29.6 Å². The normalized spacial score (nSPS) is 39.0. The number of carboxylic acid groups (broad SMARTS) is 4. The number of rotatable bonds is 5. The fourth-order valence-electron chi connectivity index (χ4n) is 4.01. The maximum absolute atomic E-state index is 11.4. The van der Waals surface area contributed by atoms with Crippen LogP contribution < -0.4 is 0 Å². The first-order chi connectivity index (χ1) is 9.61. The Morgan fingerprint density at radius 3 is 1.82 bits per heavy atom. The Labute approximate surface area is 135 Å². The fraction of sp³-hybridized carbons (Fsp3) is 0.667. The van der Waals surface area contributed by atoms with Crippen molar-refractivity contribution in [3.63, 3.8) is 0 Å². The van der Waals surface area contributed by atoms with Crippen molar-refractivity contribution in [1.82, 2.24) is 0 Å². The number of alkyl halides is 1. The second-order valence-corrected chi connectivity index (χ2v) is 6.25. The highest BCUT2D eigenvalue weighted by Crippen LogP contribution is 2.65. The van der Waals surface area contributed by atoms with E-state index in [1.54, 1.807) is 0 Å². The first kappa shape index (κ1) is 18.5. The lowest BCUT2D eigenvalue weighted by Crippen LogP contribution is -2.51. The number of carbonyl (C=O) groups is 4. The summed E-state index contributed by atoms with van der Waals surface area (Å²) in [5.74, 6) is -11.8. The van der Waals surface area contributed by atoms with Crippen LogP contribution in [-0.4, -0.2) is 49.2 Å². The molecule has 2 rings (SSSR count). The van der Waals surface area contributed by atoms with E-state index in [1.165, 1.54) is 0 Å². The molecule has 6 atom stereocenters. The Morgan fingerprint density at radius 1 is 0.955 bits per heavy atom. The molecule has 0 heterocycles. The molecule has 2 bridgehead atoms. The van der Waals surface area contributed by atoms with Gasteiger partial charge in [-0.2, -0.15) is 0 Å². The highest BCUT2D eigenvalue weighted by Gasteiger charge is 2.72. The predicted octanol–water partition coefficient (Wildman–Crippen LogP) is 0.613. The van der Waals surface area contributed by atoms with Crippen molar-refractivity contribution in [2.24, 2.45) is 29.6 Å². The van der Waals surface area contributed by atoms with E-state index in [1.807, 2.05) is 0 Å². The van der Waals surface area contributed by atoms with E-state index >= 15 is 0 Å². The minimum absolute atomic E-state index is 0. The second kappa shape index (κ2) is 5.92. The highest BCUT2D eigenvalue weighted by atomic mass is 35.5. The van der Waals surface area contributed by atoms with Crippen molar-refractivity contribution in [2.75, 3.05) is 0 Å². The van der Waals surface area contributed by atoms with Gasteiger partial charge in [0.05, 0.1) is 29.0 Å². The molecular formula is C12H14Cl2O8. The summed E-state index contributed by atoms with van der Waals surface area (Å²) >= 11 is 6.27. The first-order valence-corrected chi connectivity index (χ1v) is 6.58. The van der Waals surface area contributed by atoms with Gasteiger partial charge in [0.15, 0.2) is 0 Å². The summed E-state index contributed by atoms with van der Waals surface area (Å²) in [5.41, 5.74) is 0. The van der Waals surface area contributed by atoms with Crippen LogP contribution in [0.4, 0.5) is 0 Å². The molecule has 2 saturated carbocycles. The number of carboxylic acids is 4. The molecule has 2 fully saturated rings. The van der Waals surface area contributed by atoms with Crippen LogP contribution in [0.3, 0.4) is 0 Å². The molecule has 6 unspecified atom stereocenters. The summed E-state index contributed by atoms with van der Waals surface area (Å²) in [6, 6.07) is 0. The lowest BCUT2D eigenvalue weighted by molar-refractivity contribution is -0.163. The molecule has 10 heteroatoms. The smallest absolute Gasteiger partial charge is 0.309 e. The third-order valence-electron chi connectivity index (χ3n) is 4.63. The molecule has 0 saturated heterocycles. The summed E-state index contributed by atoms with van der Waals surface area (Å²) < 4.78 is 0. The van der Waals surface area contributed by atoms with E-state index in [0.717, 1.165) is 0 Å². The third kappa shape index (κ3) is 2.50. The molecule has 0 radical (unpaired) electrons. The molecular weight excluding hydrogens is 343 g/mol. The topological polar surface area (TPSA) is 149 Å². The Kier molecular flexibility index (Phi) is 4.98. The van der Waals surface area contributed by atoms with E-state index in [2.05, 4.69) is 0 Å². The number of hydrogen-bond acceptors (Lipinski definition) is 4. The van der Waals surface area contributed by atoms with Gasteiger partial charge in [-0.25, -0.2) is 0 Å². The van der Waals surface area contributed by atoms with Gasteiger partial charge >= 0.3 is 23.9 Å². The maximum Gasteiger partial charge on any atom is 0.309 e. The quantitative estimate of drug-likeness (QED) is 0.523. The van der Waals surface area contributed by atoms with E-state index in [4.69, 9.17) is 16.7 Å². The Balaban J connectivity index is 0.00000242. The van der Waals surface area contributed by atoms with E-state index in [-0.39, 0.29) is 18.8 Å². The van der Waals surface area contributed by atoms with Gasteiger partial charge in [0.1, 0.15) is 0 Å². The van der Waals surface area contributed by atoms with Gasteiger partial charge < -0.3 is 20.4 Å². The summed E-state index contributed by atoms with van der Waals surface area (Å²) in [6.07, 6.45) is -0.732. The van der Waals surface area contributed by atoms with Gasteiger partial charge in [0.25, 0.3) is 0 Å². The number of hydrogen-bond donors (Lipinski definition) is 4. The number of fused-ring (bicyclic) bond motifs is 2. The van der Waals surface area contributed by atoms with Crippen molar-refractivity contribution >= 4 is 47.9 Å². The molecule has 22 heavy (non-hydrogen) atoms. The van der Waals surface area contributed by atoms with E-state index in [9.17, 15) is 34.5 Å². The Hall–Kier alpha value is -1.54. The minimum atomic E-state index is -1.67. The standard InChI is InChI=1S/C12H13ClO8.ClH/c13-12-2-3(7(10(18)19)8(12)11(20)21)6(9(16)17)4(12)1-5(14)15;/h3-4,6-8H,1-2H2,(H,14,15)(H,16,17)(H,18,19)(H,20,21);1H. The van der Waals surface area contributed by atoms with Crippen LogP contribution in [0.5, 0.6) is 0 Å². The summed E-state index contributed by atoms with van der Waals surface area (Å²) in [6.45, 7) is 0. The molecule has 0 spiro atoms. The van der Waals surface area contributed by atoms with Crippen molar-refractivity contribution in [3.05, 3.63) is 0 Å². The van der Waals surface area contributed by atoms with Crippen molar-refractivity contribution in [1.29, 1.82) is 0 Å². The van der Waals surface area contributed by atoms with Crippen LogP contribution in [0.15, 0.2) is 0 Å². The minimum Gasteiger partial charge on any atom is -0.481 e. The lowest BCUT2D eigenvalue weighted by atomic mass is 9.66. The zero-order chi connectivity index (χ0) is 16.1. The molecule has 8 nitrogen and oxygen atoms in total. The molecule has 2 aliphatic carbocycles. The molecule has 124 valence electrons. The molecule has 4 N–H and O–H groups in total. The second-order valence-electron chi connectivity index (χ2n) is 5.54. The van der Waals surface area contributed by atoms with Crippen molar-refractivity contribution in [3.8, 4) is 0 Å². The fourth-order valence-corrected chi connectivity index (χ4v) is 4.63. The molecule has 0 aromatic carbocycles. The van der Waals surface area contributed by atoms with Crippen LogP contribution in [0.1, 0.15) is 12.8 Å². The third-order valence-corrected chi connectivity index (χ3v) is 5.30. The van der Waals surface area contributed by atoms with E-state index < -0.39 is 64.8 Å². The molecule has 0 aromatic rings. The number of halogens is 2. The van der Waals surface area contributed by atoms with Crippen LogP contribution in [0.2, 0.25) is 0 Å². The first-order valence-electron chi connectivity index (χ1n) is 6.20. The molecule has 2 aliphatic rings. The molecule has 0 aromatic heterocycles. The van der Waals surface area contributed by atoms with Gasteiger partial charge in [-0.15, -0.1) is 24.0 Å². The predicted molar refractivity (Wildman–Crippen MR) is 73.1 cm³/mol. The molecule has 0 amide bonds. The van der Waals surface area contributed by atoms with Gasteiger partial charge in [-0.05, 0) is 12.3 Å². The van der Waals surface area contributed by atoms with Crippen LogP contribution >= 0.6 is 24.0 Å². The zero-order valence-corrected chi connectivity index (χ0v) is 12.6. The van der Waals surface area contributed by atoms with Gasteiger partial charge in [0.2, 0.25) is 0 Å². The lowest BCUT2D eigenvalue weighted by Gasteiger charge is -2.39. The van der Waals surface area contributed by atoms with Crippen molar-refractivity contribution < 1.29 is 39.6 Å². The zero-order valence-electron chi connectivity index (χ0n) is 11.0. The summed E-state index contributed by atoms with van der Waals surface area (Å²) in [7, 11) is 0. The summed E-state index contributed by atoms with van der Waals surface area (Å²) in [5, 5.41) is 36.6. The Morgan fingerprint density at radius 2 is 1.45 bits per heavy atom. The van der Waals surface area contributed by atoms with Crippen LogP contribution in [-0.2, 0) is 19.2 Å². The van der Waals surface area contributed by atoms with E-state index in [0.29, 0.717) is 0 Å². The summed E-state index contributed by atoms with van der Waals surface area (Å²) in [4.78, 5) is 43.3. The number of aliphatic carboxylic acids is 4. The largest absolute Gasteiger partial charge is 0.481 e. The maximum atomic E-state index is 11.4.